The second-order valence-electron chi connectivity index (χ2n) is 2.38. The zero-order valence-electron chi connectivity index (χ0n) is 6.96. The Kier molecular flexibility index (Phi) is 3.88. The van der Waals surface area contributed by atoms with Crippen LogP contribution in [0.5, 0.6) is 5.75 Å². The van der Waals surface area contributed by atoms with Crippen molar-refractivity contribution in [2.24, 2.45) is 0 Å². The SMILES string of the molecule is COc1ccccc1CC=CBr. The van der Waals surface area contributed by atoms with Gasteiger partial charge < -0.3 is 4.74 Å². The van der Waals surface area contributed by atoms with Gasteiger partial charge in [0.25, 0.3) is 0 Å². The van der Waals surface area contributed by atoms with E-state index < -0.39 is 0 Å². The fourth-order valence-electron chi connectivity index (χ4n) is 1.04. The molecule has 0 bridgehead atoms. The van der Waals surface area contributed by atoms with Crippen molar-refractivity contribution in [2.75, 3.05) is 7.11 Å². The fraction of sp³-hybridized carbons (Fsp3) is 0.200. The van der Waals surface area contributed by atoms with E-state index in [1.165, 1.54) is 5.56 Å². The van der Waals surface area contributed by atoms with Gasteiger partial charge in [-0.1, -0.05) is 40.2 Å². The van der Waals surface area contributed by atoms with Gasteiger partial charge in [-0.15, -0.1) is 0 Å². The molecule has 0 radical (unpaired) electrons. The molecule has 0 aliphatic heterocycles. The third-order valence-corrected chi connectivity index (χ3v) is 1.99. The number of para-hydroxylation sites is 1. The maximum Gasteiger partial charge on any atom is 0.122 e. The molecule has 0 fully saturated rings. The van der Waals surface area contributed by atoms with Crippen LogP contribution in [0.4, 0.5) is 0 Å². The molecule has 0 atom stereocenters. The molecule has 0 spiro atoms. The van der Waals surface area contributed by atoms with Crippen LogP contribution in [0.25, 0.3) is 0 Å². The molecule has 0 saturated heterocycles. The monoisotopic (exact) mass is 226 g/mol. The van der Waals surface area contributed by atoms with Gasteiger partial charge in [0.05, 0.1) is 7.11 Å². The van der Waals surface area contributed by atoms with Gasteiger partial charge in [0.15, 0.2) is 0 Å². The molecule has 2 heteroatoms. The summed E-state index contributed by atoms with van der Waals surface area (Å²) in [6.07, 6.45) is 2.94. The minimum Gasteiger partial charge on any atom is -0.496 e. The molecule has 0 aliphatic rings. The average molecular weight is 227 g/mol. The predicted octanol–water partition coefficient (Wildman–Crippen LogP) is 3.15. The summed E-state index contributed by atoms with van der Waals surface area (Å²) in [7, 11) is 1.69. The quantitative estimate of drug-likeness (QED) is 0.770. The molecule has 1 nitrogen and oxygen atoms in total. The van der Waals surface area contributed by atoms with Crippen molar-refractivity contribution in [1.82, 2.24) is 0 Å². The smallest absolute Gasteiger partial charge is 0.122 e. The highest BCUT2D eigenvalue weighted by Crippen LogP contribution is 2.17. The van der Waals surface area contributed by atoms with Gasteiger partial charge in [-0.05, 0) is 23.0 Å². The molecule has 0 amide bonds. The lowest BCUT2D eigenvalue weighted by molar-refractivity contribution is 0.410. The first-order valence-corrected chi connectivity index (χ1v) is 4.67. The second kappa shape index (κ2) is 4.99. The van der Waals surface area contributed by atoms with Crippen molar-refractivity contribution in [2.45, 2.75) is 6.42 Å². The summed E-state index contributed by atoms with van der Waals surface area (Å²) in [5.74, 6) is 0.947. The van der Waals surface area contributed by atoms with E-state index in [4.69, 9.17) is 4.74 Å². The Hall–Kier alpha value is -0.760. The first kappa shape index (κ1) is 9.33. The van der Waals surface area contributed by atoms with Crippen LogP contribution in [0, 0.1) is 0 Å². The van der Waals surface area contributed by atoms with Crippen molar-refractivity contribution in [3.05, 3.63) is 40.9 Å². The largest absolute Gasteiger partial charge is 0.496 e. The molecule has 1 aromatic carbocycles. The van der Waals surface area contributed by atoms with E-state index in [9.17, 15) is 0 Å². The van der Waals surface area contributed by atoms with E-state index in [1.54, 1.807) is 7.11 Å². The topological polar surface area (TPSA) is 9.23 Å². The molecule has 64 valence electrons. The number of methoxy groups -OCH3 is 1. The number of halogens is 1. The number of allylic oxidation sites excluding steroid dienone is 1. The van der Waals surface area contributed by atoms with Gasteiger partial charge in [-0.25, -0.2) is 0 Å². The van der Waals surface area contributed by atoms with Crippen LogP contribution in [0.3, 0.4) is 0 Å². The standard InChI is InChI=1S/C10H11BrO/c1-12-10-7-3-2-5-9(10)6-4-8-11/h2-5,7-8H,6H2,1H3. The third-order valence-electron chi connectivity index (χ3n) is 1.62. The molecule has 0 N–H and O–H groups in total. The van der Waals surface area contributed by atoms with E-state index in [0.29, 0.717) is 0 Å². The molecule has 0 heterocycles. The van der Waals surface area contributed by atoms with E-state index >= 15 is 0 Å². The van der Waals surface area contributed by atoms with Gasteiger partial charge in [-0.3, -0.25) is 0 Å². The summed E-state index contributed by atoms with van der Waals surface area (Å²) in [6.45, 7) is 0. The van der Waals surface area contributed by atoms with Crippen molar-refractivity contribution in [1.29, 1.82) is 0 Å². The van der Waals surface area contributed by atoms with Crippen LogP contribution in [-0.2, 0) is 6.42 Å². The fourth-order valence-corrected chi connectivity index (χ4v) is 1.23. The lowest BCUT2D eigenvalue weighted by atomic mass is 10.1. The van der Waals surface area contributed by atoms with E-state index in [-0.39, 0.29) is 0 Å². The molecule has 0 aliphatic carbocycles. The Morgan fingerprint density at radius 2 is 2.17 bits per heavy atom. The summed E-state index contributed by atoms with van der Waals surface area (Å²) in [6, 6.07) is 8.02. The second-order valence-corrected chi connectivity index (χ2v) is 2.91. The molecular formula is C10H11BrO. The van der Waals surface area contributed by atoms with Crippen LogP contribution in [0.1, 0.15) is 5.56 Å². The maximum atomic E-state index is 5.19. The first-order valence-electron chi connectivity index (χ1n) is 3.75. The van der Waals surface area contributed by atoms with Gasteiger partial charge in [0.2, 0.25) is 0 Å². The maximum absolute atomic E-state index is 5.19. The molecule has 0 saturated carbocycles. The van der Waals surface area contributed by atoms with Crippen molar-refractivity contribution in [3.8, 4) is 5.75 Å². The van der Waals surface area contributed by atoms with E-state index in [1.807, 2.05) is 29.3 Å². The summed E-state index contributed by atoms with van der Waals surface area (Å²) >= 11 is 3.23. The number of hydrogen-bond donors (Lipinski definition) is 0. The molecule has 12 heavy (non-hydrogen) atoms. The van der Waals surface area contributed by atoms with Gasteiger partial charge >= 0.3 is 0 Å². The van der Waals surface area contributed by atoms with E-state index in [2.05, 4.69) is 22.0 Å². The van der Waals surface area contributed by atoms with E-state index in [0.717, 1.165) is 12.2 Å². The van der Waals surface area contributed by atoms with Crippen LogP contribution in [-0.4, -0.2) is 7.11 Å². The Bertz CT molecular complexity index is 268. The van der Waals surface area contributed by atoms with Crippen molar-refractivity contribution < 1.29 is 4.74 Å². The molecule has 1 aromatic rings. The Balaban J connectivity index is 2.81. The van der Waals surface area contributed by atoms with Crippen LogP contribution >= 0.6 is 15.9 Å². The highest BCUT2D eigenvalue weighted by Gasteiger charge is 1.97. The zero-order chi connectivity index (χ0) is 8.81. The number of rotatable bonds is 3. The first-order chi connectivity index (χ1) is 5.88. The Morgan fingerprint density at radius 3 is 2.83 bits per heavy atom. The number of hydrogen-bond acceptors (Lipinski definition) is 1. The number of ether oxygens (including phenoxy) is 1. The van der Waals surface area contributed by atoms with Gasteiger partial charge in [0.1, 0.15) is 5.75 Å². The lowest BCUT2D eigenvalue weighted by Gasteiger charge is -2.04. The van der Waals surface area contributed by atoms with Crippen LogP contribution < -0.4 is 4.74 Å². The highest BCUT2D eigenvalue weighted by atomic mass is 79.9. The lowest BCUT2D eigenvalue weighted by Crippen LogP contribution is -1.89. The highest BCUT2D eigenvalue weighted by molar-refractivity contribution is 9.11. The van der Waals surface area contributed by atoms with Crippen LogP contribution in [0.15, 0.2) is 35.3 Å². The van der Waals surface area contributed by atoms with Crippen molar-refractivity contribution in [3.63, 3.8) is 0 Å². The van der Waals surface area contributed by atoms with Crippen molar-refractivity contribution >= 4 is 15.9 Å². The Labute approximate surface area is 81.2 Å². The average Bonchev–Trinajstić information content (AvgIpc) is 2.15. The third kappa shape index (κ3) is 2.38. The summed E-state index contributed by atoms with van der Waals surface area (Å²) < 4.78 is 5.19. The predicted molar refractivity (Wildman–Crippen MR) is 54.8 cm³/mol. The summed E-state index contributed by atoms with van der Waals surface area (Å²) in [5.41, 5.74) is 1.20. The van der Waals surface area contributed by atoms with Crippen LogP contribution in [0.2, 0.25) is 0 Å². The minimum absolute atomic E-state index is 0.898. The summed E-state index contributed by atoms with van der Waals surface area (Å²) in [5, 5.41) is 0. The molecule has 1 rings (SSSR count). The molecular weight excluding hydrogens is 216 g/mol. The normalized spacial score (nSPS) is 10.5. The molecule has 0 unspecified atom stereocenters. The summed E-state index contributed by atoms with van der Waals surface area (Å²) in [4.78, 5) is 1.86. The van der Waals surface area contributed by atoms with Gasteiger partial charge in [0, 0.05) is 0 Å². The van der Waals surface area contributed by atoms with Gasteiger partial charge in [-0.2, -0.15) is 0 Å². The zero-order valence-corrected chi connectivity index (χ0v) is 8.54. The Morgan fingerprint density at radius 1 is 1.42 bits per heavy atom. The minimum atomic E-state index is 0.898. The molecule has 0 aromatic heterocycles. The number of benzene rings is 1.